The van der Waals surface area contributed by atoms with E-state index in [1.165, 1.54) is 0 Å². The van der Waals surface area contributed by atoms with E-state index in [0.29, 0.717) is 17.1 Å². The second-order valence-corrected chi connectivity index (χ2v) is 5.92. The average Bonchev–Trinajstić information content (AvgIpc) is 2.45. The predicted molar refractivity (Wildman–Crippen MR) is 84.3 cm³/mol. The van der Waals surface area contributed by atoms with Crippen molar-refractivity contribution in [3.05, 3.63) is 46.4 Å². The van der Waals surface area contributed by atoms with Gasteiger partial charge in [-0.05, 0) is 35.2 Å². The number of rotatable bonds is 3. The Kier molecular flexibility index (Phi) is 4.07. The molecule has 0 saturated carbocycles. The molecule has 0 aliphatic heterocycles. The number of pyridine rings is 1. The molecule has 0 saturated heterocycles. The molecule has 0 aliphatic carbocycles. The zero-order valence-electron chi connectivity index (χ0n) is 13.1. The van der Waals surface area contributed by atoms with Crippen LogP contribution < -0.4 is 15.0 Å². The Balaban J connectivity index is 2.76. The first-order chi connectivity index (χ1) is 9.88. The lowest BCUT2D eigenvalue weighted by atomic mass is 9.84. The summed E-state index contributed by atoms with van der Waals surface area (Å²) < 4.78 is 10.9. The largest absolute Gasteiger partial charge is 0.493 e. The highest BCUT2D eigenvalue weighted by Gasteiger charge is 2.23. The van der Waals surface area contributed by atoms with E-state index in [2.05, 4.69) is 25.8 Å². The molecule has 0 fully saturated rings. The summed E-state index contributed by atoms with van der Waals surface area (Å²) in [6, 6.07) is 7.43. The summed E-state index contributed by atoms with van der Waals surface area (Å²) in [6.07, 6.45) is 1.62. The van der Waals surface area contributed by atoms with Crippen LogP contribution in [0.1, 0.15) is 26.3 Å². The first-order valence-corrected chi connectivity index (χ1v) is 6.83. The van der Waals surface area contributed by atoms with Crippen molar-refractivity contribution in [1.82, 2.24) is 4.98 Å². The summed E-state index contributed by atoms with van der Waals surface area (Å²) in [5.74, 6) is 1.34. The highest BCUT2D eigenvalue weighted by Crippen LogP contribution is 2.41. The van der Waals surface area contributed by atoms with Crippen molar-refractivity contribution >= 4 is 0 Å². The van der Waals surface area contributed by atoms with Crippen molar-refractivity contribution < 1.29 is 9.47 Å². The Hall–Kier alpha value is -2.23. The Morgan fingerprint density at radius 1 is 1.10 bits per heavy atom. The fraction of sp³-hybridized carbons (Fsp3) is 0.353. The third-order valence-corrected chi connectivity index (χ3v) is 3.42. The molecule has 21 heavy (non-hydrogen) atoms. The summed E-state index contributed by atoms with van der Waals surface area (Å²) in [7, 11) is 3.23. The molecular formula is C17H21NO3. The number of hydrogen-bond acceptors (Lipinski definition) is 3. The fourth-order valence-corrected chi connectivity index (χ4v) is 2.33. The minimum Gasteiger partial charge on any atom is -0.493 e. The van der Waals surface area contributed by atoms with Crippen molar-refractivity contribution in [2.75, 3.05) is 14.2 Å². The number of aromatic amines is 1. The number of hydrogen-bond donors (Lipinski definition) is 1. The zero-order valence-corrected chi connectivity index (χ0v) is 13.1. The molecule has 0 bridgehead atoms. The van der Waals surface area contributed by atoms with E-state index >= 15 is 0 Å². The number of ether oxygens (including phenoxy) is 2. The standard InChI is InChI=1S/C17H21NO3/c1-17(2,3)13-9-11(10-14(20-4)15(13)21-5)12-7-6-8-18-16(12)19/h6-10H,1-5H3,(H,18,19). The molecule has 2 rings (SSSR count). The number of aromatic nitrogens is 1. The zero-order chi connectivity index (χ0) is 15.6. The number of nitrogens with one attached hydrogen (secondary N) is 1. The Bertz CT molecular complexity index is 696. The van der Waals surface area contributed by atoms with Crippen molar-refractivity contribution in [2.24, 2.45) is 0 Å². The fourth-order valence-electron chi connectivity index (χ4n) is 2.33. The summed E-state index contributed by atoms with van der Waals surface area (Å²) in [4.78, 5) is 14.7. The van der Waals surface area contributed by atoms with E-state index in [1.54, 1.807) is 26.5 Å². The topological polar surface area (TPSA) is 51.3 Å². The smallest absolute Gasteiger partial charge is 0.255 e. The van der Waals surface area contributed by atoms with E-state index in [0.717, 1.165) is 11.1 Å². The lowest BCUT2D eigenvalue weighted by molar-refractivity contribution is 0.345. The normalized spacial score (nSPS) is 11.3. The average molecular weight is 287 g/mol. The minimum atomic E-state index is -0.129. The maximum absolute atomic E-state index is 12.0. The van der Waals surface area contributed by atoms with Crippen LogP contribution in [-0.4, -0.2) is 19.2 Å². The highest BCUT2D eigenvalue weighted by atomic mass is 16.5. The molecule has 1 aromatic heterocycles. The number of benzene rings is 1. The predicted octanol–water partition coefficient (Wildman–Crippen LogP) is 3.36. The number of methoxy groups -OCH3 is 2. The van der Waals surface area contributed by atoms with Gasteiger partial charge in [0.2, 0.25) is 0 Å². The Morgan fingerprint density at radius 3 is 2.33 bits per heavy atom. The Morgan fingerprint density at radius 2 is 1.81 bits per heavy atom. The first kappa shape index (κ1) is 15.2. The lowest BCUT2D eigenvalue weighted by Crippen LogP contribution is -2.15. The van der Waals surface area contributed by atoms with Crippen LogP contribution in [0.25, 0.3) is 11.1 Å². The van der Waals surface area contributed by atoms with Crippen LogP contribution in [0.4, 0.5) is 0 Å². The van der Waals surface area contributed by atoms with Crippen LogP contribution >= 0.6 is 0 Å². The monoisotopic (exact) mass is 287 g/mol. The van der Waals surface area contributed by atoms with Crippen LogP contribution in [0.5, 0.6) is 11.5 Å². The summed E-state index contributed by atoms with van der Waals surface area (Å²) in [5.41, 5.74) is 2.19. The van der Waals surface area contributed by atoms with Crippen molar-refractivity contribution in [3.8, 4) is 22.6 Å². The van der Waals surface area contributed by atoms with E-state index in [1.807, 2.05) is 18.2 Å². The van der Waals surface area contributed by atoms with Gasteiger partial charge in [-0.3, -0.25) is 4.79 Å². The molecule has 0 amide bonds. The third-order valence-electron chi connectivity index (χ3n) is 3.42. The summed E-state index contributed by atoms with van der Waals surface area (Å²) >= 11 is 0. The third kappa shape index (κ3) is 2.94. The van der Waals surface area contributed by atoms with Gasteiger partial charge < -0.3 is 14.5 Å². The highest BCUT2D eigenvalue weighted by molar-refractivity contribution is 5.69. The summed E-state index contributed by atoms with van der Waals surface area (Å²) in [6.45, 7) is 6.30. The second kappa shape index (κ2) is 5.64. The van der Waals surface area contributed by atoms with Gasteiger partial charge in [0.25, 0.3) is 5.56 Å². The van der Waals surface area contributed by atoms with Gasteiger partial charge in [-0.25, -0.2) is 0 Å². The SMILES string of the molecule is COc1cc(-c2ccc[nH]c2=O)cc(C(C)(C)C)c1OC. The molecule has 0 aliphatic rings. The van der Waals surface area contributed by atoms with Crippen molar-refractivity contribution in [2.45, 2.75) is 26.2 Å². The van der Waals surface area contributed by atoms with E-state index in [4.69, 9.17) is 9.47 Å². The van der Waals surface area contributed by atoms with Crippen LogP contribution in [0.3, 0.4) is 0 Å². The molecule has 0 spiro atoms. The van der Waals surface area contributed by atoms with Crippen LogP contribution in [0.15, 0.2) is 35.3 Å². The van der Waals surface area contributed by atoms with Crippen LogP contribution in [0, 0.1) is 0 Å². The van der Waals surface area contributed by atoms with Gasteiger partial charge >= 0.3 is 0 Å². The van der Waals surface area contributed by atoms with Gasteiger partial charge in [0.1, 0.15) is 0 Å². The van der Waals surface area contributed by atoms with Gasteiger partial charge in [0.05, 0.1) is 14.2 Å². The molecule has 4 heteroatoms. The minimum absolute atomic E-state index is 0.121. The van der Waals surface area contributed by atoms with Gasteiger partial charge in [0.15, 0.2) is 11.5 Å². The van der Waals surface area contributed by atoms with E-state index in [-0.39, 0.29) is 11.0 Å². The van der Waals surface area contributed by atoms with Gasteiger partial charge in [-0.15, -0.1) is 0 Å². The maximum atomic E-state index is 12.0. The molecule has 0 atom stereocenters. The van der Waals surface area contributed by atoms with E-state index < -0.39 is 0 Å². The maximum Gasteiger partial charge on any atom is 0.255 e. The molecule has 1 heterocycles. The van der Waals surface area contributed by atoms with Crippen LogP contribution in [-0.2, 0) is 5.41 Å². The first-order valence-electron chi connectivity index (χ1n) is 6.83. The molecular weight excluding hydrogens is 266 g/mol. The van der Waals surface area contributed by atoms with Gasteiger partial charge in [-0.1, -0.05) is 20.8 Å². The summed E-state index contributed by atoms with van der Waals surface area (Å²) in [5, 5.41) is 0. The van der Waals surface area contributed by atoms with Gasteiger partial charge in [-0.2, -0.15) is 0 Å². The Labute approximate surface area is 124 Å². The lowest BCUT2D eigenvalue weighted by Gasteiger charge is -2.24. The van der Waals surface area contributed by atoms with Crippen LogP contribution in [0.2, 0.25) is 0 Å². The molecule has 4 nitrogen and oxygen atoms in total. The molecule has 112 valence electrons. The molecule has 0 unspecified atom stereocenters. The molecule has 1 aromatic carbocycles. The second-order valence-electron chi connectivity index (χ2n) is 5.92. The quantitative estimate of drug-likeness (QED) is 0.941. The van der Waals surface area contributed by atoms with Gasteiger partial charge in [0, 0.05) is 17.3 Å². The van der Waals surface area contributed by atoms with Crippen molar-refractivity contribution in [3.63, 3.8) is 0 Å². The van der Waals surface area contributed by atoms with Crippen molar-refractivity contribution in [1.29, 1.82) is 0 Å². The van der Waals surface area contributed by atoms with E-state index in [9.17, 15) is 4.79 Å². The number of H-pyrrole nitrogens is 1. The molecule has 0 radical (unpaired) electrons. The molecule has 2 aromatic rings. The molecule has 1 N–H and O–H groups in total.